The molecule has 0 aromatic heterocycles. The molecule has 8 nitrogen and oxygen atoms in total. The Bertz CT molecular complexity index is 1320. The van der Waals surface area contributed by atoms with Gasteiger partial charge in [-0.2, -0.15) is 0 Å². The number of thiocarbonyl (C=S) groups is 1. The van der Waals surface area contributed by atoms with Crippen LogP contribution in [0.25, 0.3) is 0 Å². The fourth-order valence-electron chi connectivity index (χ4n) is 3.85. The van der Waals surface area contributed by atoms with Gasteiger partial charge < -0.3 is 33.3 Å². The van der Waals surface area contributed by atoms with Crippen LogP contribution in [0.5, 0.6) is 34.5 Å². The lowest BCUT2D eigenvalue weighted by Crippen LogP contribution is -2.34. The van der Waals surface area contributed by atoms with Crippen molar-refractivity contribution in [1.29, 1.82) is 0 Å². The predicted molar refractivity (Wildman–Crippen MR) is 148 cm³/mol. The minimum atomic E-state index is -0.604. The van der Waals surface area contributed by atoms with Gasteiger partial charge >= 0.3 is 5.97 Å². The van der Waals surface area contributed by atoms with Gasteiger partial charge in [0, 0.05) is 18.3 Å². The van der Waals surface area contributed by atoms with E-state index in [1.54, 1.807) is 18.2 Å². The number of benzene rings is 3. The van der Waals surface area contributed by atoms with E-state index in [1.165, 1.54) is 39.7 Å². The topological polar surface area (TPSA) is 75.7 Å². The Labute approximate surface area is 227 Å². The number of para-hydroxylation sites is 1. The number of anilines is 1. The molecule has 198 valence electrons. The maximum absolute atomic E-state index is 12.9. The molecule has 0 atom stereocenters. The number of fused-ring (bicyclic) bond motifs is 1. The van der Waals surface area contributed by atoms with E-state index in [1.807, 2.05) is 35.2 Å². The summed E-state index contributed by atoms with van der Waals surface area (Å²) in [7, 11) is 4.44. The Kier molecular flexibility index (Phi) is 8.70. The number of hydrogen-bond donors (Lipinski definition) is 0. The first-order chi connectivity index (χ1) is 18.5. The summed E-state index contributed by atoms with van der Waals surface area (Å²) in [5.74, 6) is 2.03. The Morgan fingerprint density at radius 2 is 1.63 bits per heavy atom. The molecule has 4 rings (SSSR count). The van der Waals surface area contributed by atoms with Gasteiger partial charge in [0.15, 0.2) is 33.7 Å². The molecule has 0 spiro atoms. The second-order valence-corrected chi connectivity index (χ2v) is 8.65. The van der Waals surface area contributed by atoms with Gasteiger partial charge in [-0.3, -0.25) is 0 Å². The van der Waals surface area contributed by atoms with Crippen LogP contribution in [0, 0.1) is 0 Å². The summed E-state index contributed by atoms with van der Waals surface area (Å²) in [6.07, 6.45) is 3.47. The molecule has 0 amide bonds. The molecular weight excluding hydrogens is 506 g/mol. The number of rotatable bonds is 10. The van der Waals surface area contributed by atoms with E-state index in [0.29, 0.717) is 39.5 Å². The van der Waals surface area contributed by atoms with E-state index >= 15 is 0 Å². The highest BCUT2D eigenvalue weighted by Crippen LogP contribution is 2.39. The molecule has 0 radical (unpaired) electrons. The number of ether oxygens (including phenoxy) is 6. The normalized spacial score (nSPS) is 11.7. The summed E-state index contributed by atoms with van der Waals surface area (Å²) in [5, 5.41) is 0. The van der Waals surface area contributed by atoms with E-state index < -0.39 is 5.97 Å². The summed E-state index contributed by atoms with van der Waals surface area (Å²) in [6, 6.07) is 17.8. The van der Waals surface area contributed by atoms with Crippen molar-refractivity contribution in [2.24, 2.45) is 0 Å². The monoisotopic (exact) mass is 535 g/mol. The highest BCUT2D eigenvalue weighted by molar-refractivity contribution is 7.81. The zero-order chi connectivity index (χ0) is 27.1. The zero-order valence-corrected chi connectivity index (χ0v) is 22.5. The zero-order valence-electron chi connectivity index (χ0n) is 21.7. The SMILES string of the molecule is CCCCN(C(=S)C1=COc2cc(OC(=O)c3cc(OC)c(OC)c(OC)c3)ccc2O1)c1ccccc1. The first-order valence-corrected chi connectivity index (χ1v) is 12.5. The van der Waals surface area contributed by atoms with Crippen LogP contribution in [0.2, 0.25) is 0 Å². The Balaban J connectivity index is 1.50. The maximum atomic E-state index is 12.9. The molecule has 1 aliphatic heterocycles. The lowest BCUT2D eigenvalue weighted by molar-refractivity contribution is 0.0733. The van der Waals surface area contributed by atoms with Crippen LogP contribution in [0.1, 0.15) is 30.1 Å². The molecule has 0 fully saturated rings. The van der Waals surface area contributed by atoms with E-state index in [4.69, 9.17) is 40.6 Å². The van der Waals surface area contributed by atoms with Crippen LogP contribution in [0.15, 0.2) is 72.7 Å². The number of hydrogen-bond acceptors (Lipinski definition) is 8. The summed E-state index contributed by atoms with van der Waals surface area (Å²) in [6.45, 7) is 2.89. The molecule has 1 heterocycles. The Morgan fingerprint density at radius 1 is 0.921 bits per heavy atom. The third-order valence-electron chi connectivity index (χ3n) is 5.80. The molecule has 38 heavy (non-hydrogen) atoms. The van der Waals surface area contributed by atoms with Gasteiger partial charge in [-0.1, -0.05) is 43.8 Å². The number of unbranched alkanes of at least 4 members (excludes halogenated alkanes) is 1. The van der Waals surface area contributed by atoms with Gasteiger partial charge in [0.25, 0.3) is 0 Å². The van der Waals surface area contributed by atoms with E-state index in [2.05, 4.69) is 6.92 Å². The molecule has 3 aromatic carbocycles. The number of methoxy groups -OCH3 is 3. The highest BCUT2D eigenvalue weighted by Gasteiger charge is 2.24. The van der Waals surface area contributed by atoms with Crippen molar-refractivity contribution in [3.8, 4) is 34.5 Å². The number of nitrogens with zero attached hydrogens (tertiary/aromatic N) is 1. The van der Waals surface area contributed by atoms with E-state index in [9.17, 15) is 4.79 Å². The Hall–Kier alpha value is -4.24. The first kappa shape index (κ1) is 26.8. The first-order valence-electron chi connectivity index (χ1n) is 12.1. The van der Waals surface area contributed by atoms with Gasteiger partial charge in [0.1, 0.15) is 12.0 Å². The third kappa shape index (κ3) is 5.84. The smallest absolute Gasteiger partial charge is 0.343 e. The maximum Gasteiger partial charge on any atom is 0.343 e. The number of carbonyl (C=O) groups excluding carboxylic acids is 1. The molecule has 0 unspecified atom stereocenters. The van der Waals surface area contributed by atoms with Crippen LogP contribution in [0.4, 0.5) is 5.69 Å². The summed E-state index contributed by atoms with van der Waals surface area (Å²) in [4.78, 5) is 15.4. The van der Waals surface area contributed by atoms with Crippen LogP contribution < -0.4 is 33.3 Å². The quantitative estimate of drug-likeness (QED) is 0.172. The predicted octanol–water partition coefficient (Wildman–Crippen LogP) is 6.18. The lowest BCUT2D eigenvalue weighted by Gasteiger charge is -2.28. The largest absolute Gasteiger partial charge is 0.493 e. The van der Waals surface area contributed by atoms with Gasteiger partial charge in [-0.15, -0.1) is 0 Å². The average molecular weight is 536 g/mol. The summed E-state index contributed by atoms with van der Waals surface area (Å²) < 4.78 is 33.4. The molecule has 0 bridgehead atoms. The van der Waals surface area contributed by atoms with Crippen LogP contribution in [0.3, 0.4) is 0 Å². The van der Waals surface area contributed by atoms with Crippen molar-refractivity contribution in [3.63, 3.8) is 0 Å². The number of carbonyl (C=O) groups is 1. The van der Waals surface area contributed by atoms with Gasteiger partial charge in [0.05, 0.1) is 26.9 Å². The van der Waals surface area contributed by atoms with Crippen LogP contribution in [-0.4, -0.2) is 38.8 Å². The van der Waals surface area contributed by atoms with Crippen molar-refractivity contribution in [2.45, 2.75) is 19.8 Å². The van der Waals surface area contributed by atoms with Gasteiger partial charge in [-0.05, 0) is 42.8 Å². The highest BCUT2D eigenvalue weighted by atomic mass is 32.1. The molecule has 0 aliphatic carbocycles. The second-order valence-electron chi connectivity index (χ2n) is 8.26. The fraction of sp³-hybridized carbons (Fsp3) is 0.241. The summed E-state index contributed by atoms with van der Waals surface area (Å²) in [5.41, 5.74) is 1.21. The third-order valence-corrected chi connectivity index (χ3v) is 6.22. The molecule has 0 N–H and O–H groups in total. The molecule has 1 aliphatic rings. The minimum Gasteiger partial charge on any atom is -0.493 e. The minimum absolute atomic E-state index is 0.231. The van der Waals surface area contributed by atoms with Crippen molar-refractivity contribution < 1.29 is 33.2 Å². The molecule has 0 saturated carbocycles. The van der Waals surface area contributed by atoms with Crippen molar-refractivity contribution in [2.75, 3.05) is 32.8 Å². The second kappa shape index (κ2) is 12.3. The fourth-order valence-corrected chi connectivity index (χ4v) is 4.14. The molecule has 0 saturated heterocycles. The van der Waals surface area contributed by atoms with Crippen LogP contribution in [-0.2, 0) is 0 Å². The standard InChI is InChI=1S/C29H29NO7S/c1-5-6-14-30(20-10-8-7-9-11-20)28(38)26-18-35-23-17-21(12-13-22(23)37-26)36-29(31)19-15-24(32-2)27(34-4)25(16-19)33-3/h7-13,15-18H,5-6,14H2,1-4H3. The number of esters is 1. The molecule has 9 heteroatoms. The van der Waals surface area contributed by atoms with Crippen molar-refractivity contribution in [1.82, 2.24) is 0 Å². The van der Waals surface area contributed by atoms with Crippen molar-refractivity contribution >= 4 is 28.9 Å². The van der Waals surface area contributed by atoms with E-state index in [0.717, 1.165) is 25.1 Å². The molecular formula is C29H29NO7S. The van der Waals surface area contributed by atoms with E-state index in [-0.39, 0.29) is 11.3 Å². The summed E-state index contributed by atoms with van der Waals surface area (Å²) >= 11 is 5.77. The lowest BCUT2D eigenvalue weighted by atomic mass is 10.2. The van der Waals surface area contributed by atoms with Gasteiger partial charge in [0.2, 0.25) is 5.75 Å². The Morgan fingerprint density at radius 3 is 2.26 bits per heavy atom. The van der Waals surface area contributed by atoms with Gasteiger partial charge in [-0.25, -0.2) is 4.79 Å². The average Bonchev–Trinajstić information content (AvgIpc) is 2.96. The van der Waals surface area contributed by atoms with Crippen molar-refractivity contribution in [3.05, 3.63) is 78.2 Å². The molecule has 3 aromatic rings. The van der Waals surface area contributed by atoms with Crippen LogP contribution >= 0.6 is 12.2 Å².